The van der Waals surface area contributed by atoms with E-state index in [9.17, 15) is 9.59 Å². The van der Waals surface area contributed by atoms with E-state index in [1.165, 1.54) is 24.8 Å². The van der Waals surface area contributed by atoms with Gasteiger partial charge in [0.05, 0.1) is 0 Å². The molecule has 2 N–H and O–H groups in total. The van der Waals surface area contributed by atoms with Crippen molar-refractivity contribution in [1.82, 2.24) is 10.6 Å². The van der Waals surface area contributed by atoms with E-state index in [-0.39, 0.29) is 17.4 Å². The van der Waals surface area contributed by atoms with E-state index in [0.717, 1.165) is 12.8 Å². The van der Waals surface area contributed by atoms with Gasteiger partial charge in [0.25, 0.3) is 0 Å². The third kappa shape index (κ3) is 4.32. The van der Waals surface area contributed by atoms with Crippen LogP contribution in [0.25, 0.3) is 0 Å². The summed E-state index contributed by atoms with van der Waals surface area (Å²) in [7, 11) is 0. The number of hydrogen-bond donors (Lipinski definition) is 2. The lowest BCUT2D eigenvalue weighted by Crippen LogP contribution is -2.49. The molecule has 0 aromatic heterocycles. The normalized spacial score (nSPS) is 20.4. The van der Waals surface area contributed by atoms with Gasteiger partial charge in [-0.2, -0.15) is 0 Å². The van der Waals surface area contributed by atoms with E-state index in [4.69, 9.17) is 0 Å². The fourth-order valence-corrected chi connectivity index (χ4v) is 2.78. The van der Waals surface area contributed by atoms with E-state index in [2.05, 4.69) is 16.7 Å². The zero-order valence-electron chi connectivity index (χ0n) is 13.6. The molecular formula is C17H28N2O2. The predicted molar refractivity (Wildman–Crippen MR) is 83.7 cm³/mol. The first-order valence-electron chi connectivity index (χ1n) is 8.12. The highest BCUT2D eigenvalue weighted by Crippen LogP contribution is 2.46. The van der Waals surface area contributed by atoms with Gasteiger partial charge in [-0.3, -0.25) is 9.59 Å². The molecule has 0 radical (unpaired) electrons. The molecule has 0 aromatic rings. The van der Waals surface area contributed by atoms with Gasteiger partial charge in [0, 0.05) is 12.1 Å². The lowest BCUT2D eigenvalue weighted by Gasteiger charge is -2.24. The average molecular weight is 292 g/mol. The van der Waals surface area contributed by atoms with E-state index >= 15 is 0 Å². The molecule has 4 nitrogen and oxygen atoms in total. The number of allylic oxidation sites excluding steroid dienone is 1. The molecule has 2 amide bonds. The lowest BCUT2D eigenvalue weighted by atomic mass is 9.97. The second-order valence-corrected chi connectivity index (χ2v) is 7.40. The van der Waals surface area contributed by atoms with Crippen molar-refractivity contribution in [1.29, 1.82) is 0 Å². The van der Waals surface area contributed by atoms with Gasteiger partial charge in [-0.1, -0.05) is 11.6 Å². The molecular weight excluding hydrogens is 264 g/mol. The zero-order chi connectivity index (χ0) is 15.5. The van der Waals surface area contributed by atoms with Crippen LogP contribution in [-0.4, -0.2) is 23.9 Å². The van der Waals surface area contributed by atoms with Gasteiger partial charge < -0.3 is 10.6 Å². The molecule has 2 aliphatic rings. The minimum atomic E-state index is -0.797. The summed E-state index contributed by atoms with van der Waals surface area (Å²) in [5.41, 5.74) is 0.360. The third-order valence-corrected chi connectivity index (χ3v) is 4.22. The Hall–Kier alpha value is -1.32. The maximum atomic E-state index is 12.3. The smallest absolute Gasteiger partial charge is 0.236 e. The average Bonchev–Trinajstić information content (AvgIpc) is 3.19. The number of nitrogens with one attached hydrogen (secondary N) is 2. The highest BCUT2D eigenvalue weighted by molar-refractivity contribution is 6.08. The quantitative estimate of drug-likeness (QED) is 0.604. The minimum Gasteiger partial charge on any atom is -0.355 e. The molecule has 0 atom stereocenters. The van der Waals surface area contributed by atoms with Crippen LogP contribution in [0.4, 0.5) is 0 Å². The summed E-state index contributed by atoms with van der Waals surface area (Å²) >= 11 is 0. The van der Waals surface area contributed by atoms with Crippen LogP contribution in [0.15, 0.2) is 11.6 Å². The van der Waals surface area contributed by atoms with Gasteiger partial charge >= 0.3 is 0 Å². The van der Waals surface area contributed by atoms with Crippen molar-refractivity contribution in [3.63, 3.8) is 0 Å². The molecule has 0 bridgehead atoms. The fraction of sp³-hybridized carbons (Fsp3) is 0.765. The van der Waals surface area contributed by atoms with Gasteiger partial charge in [-0.05, 0) is 65.7 Å². The molecule has 0 heterocycles. The standard InChI is InChI=1S/C17H28N2O2/c1-16(2,3)19-15(21)17(10-11-17)14(20)18-12-9-13-7-5-4-6-8-13/h7H,4-6,8-12H2,1-3H3,(H,18,20)(H,19,21). The lowest BCUT2D eigenvalue weighted by molar-refractivity contribution is -0.138. The first-order chi connectivity index (χ1) is 9.83. The van der Waals surface area contributed by atoms with Crippen LogP contribution < -0.4 is 10.6 Å². The van der Waals surface area contributed by atoms with Gasteiger partial charge in [0.2, 0.25) is 11.8 Å². The minimum absolute atomic E-state index is 0.0966. The summed E-state index contributed by atoms with van der Waals surface area (Å²) in [4.78, 5) is 24.6. The van der Waals surface area contributed by atoms with E-state index in [1.807, 2.05) is 20.8 Å². The SMILES string of the molecule is CC(C)(C)NC(=O)C1(C(=O)NCCC2=CCCCC2)CC1. The van der Waals surface area contributed by atoms with Crippen LogP contribution in [0.2, 0.25) is 0 Å². The van der Waals surface area contributed by atoms with Crippen LogP contribution in [0, 0.1) is 5.41 Å². The largest absolute Gasteiger partial charge is 0.355 e. The van der Waals surface area contributed by atoms with Crippen molar-refractivity contribution < 1.29 is 9.59 Å². The molecule has 1 saturated carbocycles. The maximum absolute atomic E-state index is 12.3. The Morgan fingerprint density at radius 2 is 1.90 bits per heavy atom. The van der Waals surface area contributed by atoms with E-state index in [0.29, 0.717) is 19.4 Å². The number of carbonyl (C=O) groups excluding carboxylic acids is 2. The van der Waals surface area contributed by atoms with E-state index in [1.54, 1.807) is 0 Å². The number of hydrogen-bond acceptors (Lipinski definition) is 2. The summed E-state index contributed by atoms with van der Waals surface area (Å²) < 4.78 is 0. The van der Waals surface area contributed by atoms with Gasteiger partial charge in [-0.25, -0.2) is 0 Å². The molecule has 2 aliphatic carbocycles. The molecule has 21 heavy (non-hydrogen) atoms. The summed E-state index contributed by atoms with van der Waals surface area (Å²) in [5.74, 6) is -0.218. The predicted octanol–water partition coefficient (Wildman–Crippen LogP) is 2.69. The first-order valence-corrected chi connectivity index (χ1v) is 8.12. The Labute approximate surface area is 127 Å². The summed E-state index contributed by atoms with van der Waals surface area (Å²) in [5, 5.41) is 5.89. The molecule has 4 heteroatoms. The fourth-order valence-electron chi connectivity index (χ4n) is 2.78. The van der Waals surface area contributed by atoms with Crippen molar-refractivity contribution in [2.24, 2.45) is 5.41 Å². The molecule has 118 valence electrons. The Morgan fingerprint density at radius 3 is 2.43 bits per heavy atom. The van der Waals surface area contributed by atoms with E-state index < -0.39 is 5.41 Å². The van der Waals surface area contributed by atoms with Crippen molar-refractivity contribution in [2.75, 3.05) is 6.54 Å². The second-order valence-electron chi connectivity index (χ2n) is 7.40. The second kappa shape index (κ2) is 6.20. The zero-order valence-corrected chi connectivity index (χ0v) is 13.6. The summed E-state index contributed by atoms with van der Waals surface area (Å²) in [6, 6.07) is 0. The molecule has 0 spiro atoms. The highest BCUT2D eigenvalue weighted by Gasteiger charge is 2.56. The Bertz CT molecular complexity index is 442. The summed E-state index contributed by atoms with van der Waals surface area (Å²) in [6.07, 6.45) is 9.43. The summed E-state index contributed by atoms with van der Waals surface area (Å²) in [6.45, 7) is 6.46. The van der Waals surface area contributed by atoms with Gasteiger partial charge in [0.1, 0.15) is 5.41 Å². The molecule has 0 unspecified atom stereocenters. The van der Waals surface area contributed by atoms with Crippen LogP contribution in [0.1, 0.15) is 65.7 Å². The van der Waals surface area contributed by atoms with Crippen molar-refractivity contribution in [3.05, 3.63) is 11.6 Å². The van der Waals surface area contributed by atoms with Crippen molar-refractivity contribution >= 4 is 11.8 Å². The van der Waals surface area contributed by atoms with Crippen molar-refractivity contribution in [3.8, 4) is 0 Å². The van der Waals surface area contributed by atoms with Gasteiger partial charge in [-0.15, -0.1) is 0 Å². The Morgan fingerprint density at radius 1 is 1.19 bits per heavy atom. The first kappa shape index (κ1) is 16.1. The van der Waals surface area contributed by atoms with Crippen LogP contribution in [0.5, 0.6) is 0 Å². The third-order valence-electron chi connectivity index (χ3n) is 4.22. The number of amides is 2. The highest BCUT2D eigenvalue weighted by atomic mass is 16.2. The topological polar surface area (TPSA) is 58.2 Å². The molecule has 2 rings (SSSR count). The Balaban J connectivity index is 1.79. The molecule has 1 fully saturated rings. The maximum Gasteiger partial charge on any atom is 0.236 e. The van der Waals surface area contributed by atoms with Gasteiger partial charge in [0.15, 0.2) is 0 Å². The number of rotatable bonds is 5. The van der Waals surface area contributed by atoms with Crippen molar-refractivity contribution in [2.45, 2.75) is 71.3 Å². The van der Waals surface area contributed by atoms with Crippen LogP contribution in [0.3, 0.4) is 0 Å². The molecule has 0 saturated heterocycles. The number of carbonyl (C=O) groups is 2. The Kier molecular flexibility index (Phi) is 4.74. The van der Waals surface area contributed by atoms with Crippen LogP contribution in [-0.2, 0) is 9.59 Å². The van der Waals surface area contributed by atoms with Crippen LogP contribution >= 0.6 is 0 Å². The monoisotopic (exact) mass is 292 g/mol. The molecule has 0 aromatic carbocycles. The molecule has 0 aliphatic heterocycles.